The number of hydrogen-bond acceptors (Lipinski definition) is 4. The summed E-state index contributed by atoms with van der Waals surface area (Å²) in [6, 6.07) is 7.01. The Kier molecular flexibility index (Phi) is 8.42. The second-order valence-electron chi connectivity index (χ2n) is 4.30. The summed E-state index contributed by atoms with van der Waals surface area (Å²) in [4.78, 5) is 23.0. The SMILES string of the molecule is COCCNC(=O)CCNCC(=O)Nc1ccccc1Cl. The summed E-state index contributed by atoms with van der Waals surface area (Å²) in [7, 11) is 1.57. The Hall–Kier alpha value is -1.63. The summed E-state index contributed by atoms with van der Waals surface area (Å²) in [5.41, 5.74) is 0.572. The fraction of sp³-hybridized carbons (Fsp3) is 0.429. The third kappa shape index (κ3) is 7.65. The van der Waals surface area contributed by atoms with E-state index in [-0.39, 0.29) is 18.4 Å². The van der Waals surface area contributed by atoms with Crippen molar-refractivity contribution in [2.45, 2.75) is 6.42 Å². The summed E-state index contributed by atoms with van der Waals surface area (Å²) in [5, 5.41) is 8.78. The van der Waals surface area contributed by atoms with Crippen molar-refractivity contribution in [3.05, 3.63) is 29.3 Å². The molecule has 0 saturated carbocycles. The average Bonchev–Trinajstić information content (AvgIpc) is 2.46. The highest BCUT2D eigenvalue weighted by Crippen LogP contribution is 2.19. The number of carbonyl (C=O) groups excluding carboxylic acids is 2. The molecule has 0 unspecified atom stereocenters. The molecule has 6 nitrogen and oxygen atoms in total. The van der Waals surface area contributed by atoms with E-state index >= 15 is 0 Å². The predicted octanol–water partition coefficient (Wildman–Crippen LogP) is 1.02. The van der Waals surface area contributed by atoms with Crippen molar-refractivity contribution in [2.75, 3.05) is 38.7 Å². The van der Waals surface area contributed by atoms with Crippen LogP contribution >= 0.6 is 11.6 Å². The Balaban J connectivity index is 2.14. The number of anilines is 1. The first-order valence-electron chi connectivity index (χ1n) is 6.64. The molecule has 0 radical (unpaired) electrons. The molecule has 1 aromatic carbocycles. The smallest absolute Gasteiger partial charge is 0.238 e. The lowest BCUT2D eigenvalue weighted by Crippen LogP contribution is -2.33. The summed E-state index contributed by atoms with van der Waals surface area (Å²) < 4.78 is 4.82. The highest BCUT2D eigenvalue weighted by molar-refractivity contribution is 6.33. The summed E-state index contributed by atoms with van der Waals surface area (Å²) >= 11 is 5.93. The van der Waals surface area contributed by atoms with E-state index < -0.39 is 0 Å². The van der Waals surface area contributed by atoms with Crippen molar-refractivity contribution < 1.29 is 14.3 Å². The maximum Gasteiger partial charge on any atom is 0.238 e. The van der Waals surface area contributed by atoms with Gasteiger partial charge in [-0.2, -0.15) is 0 Å². The molecule has 0 aliphatic carbocycles. The largest absolute Gasteiger partial charge is 0.383 e. The van der Waals surface area contributed by atoms with Gasteiger partial charge in [-0.15, -0.1) is 0 Å². The second kappa shape index (κ2) is 10.1. The van der Waals surface area contributed by atoms with E-state index in [1.807, 2.05) is 0 Å². The third-order valence-electron chi connectivity index (χ3n) is 2.59. The van der Waals surface area contributed by atoms with Gasteiger partial charge in [0.1, 0.15) is 0 Å². The number of carbonyl (C=O) groups is 2. The first-order valence-corrected chi connectivity index (χ1v) is 7.02. The van der Waals surface area contributed by atoms with E-state index in [0.29, 0.717) is 36.8 Å². The molecule has 0 aromatic heterocycles. The molecule has 0 atom stereocenters. The van der Waals surface area contributed by atoms with Gasteiger partial charge in [0.15, 0.2) is 0 Å². The van der Waals surface area contributed by atoms with Crippen LogP contribution in [0.1, 0.15) is 6.42 Å². The van der Waals surface area contributed by atoms with E-state index in [1.165, 1.54) is 0 Å². The lowest BCUT2D eigenvalue weighted by atomic mass is 10.3. The molecule has 1 rings (SSSR count). The van der Waals surface area contributed by atoms with Gasteiger partial charge in [0, 0.05) is 26.6 Å². The van der Waals surface area contributed by atoms with Crippen LogP contribution < -0.4 is 16.0 Å². The Morgan fingerprint density at radius 1 is 1.19 bits per heavy atom. The van der Waals surface area contributed by atoms with Crippen LogP contribution in [0.25, 0.3) is 0 Å². The van der Waals surface area contributed by atoms with Crippen LogP contribution in [-0.2, 0) is 14.3 Å². The van der Waals surface area contributed by atoms with Crippen LogP contribution in [-0.4, -0.2) is 45.2 Å². The number of ether oxygens (including phenoxy) is 1. The summed E-state index contributed by atoms with van der Waals surface area (Å²) in [6.45, 7) is 1.52. The normalized spacial score (nSPS) is 10.2. The van der Waals surface area contributed by atoms with E-state index in [0.717, 1.165) is 0 Å². The first-order chi connectivity index (χ1) is 10.1. The first kappa shape index (κ1) is 17.4. The zero-order valence-corrected chi connectivity index (χ0v) is 12.7. The molecule has 3 N–H and O–H groups in total. The minimum Gasteiger partial charge on any atom is -0.383 e. The number of amides is 2. The minimum atomic E-state index is -0.206. The fourth-order valence-electron chi connectivity index (χ4n) is 1.54. The van der Waals surface area contributed by atoms with Gasteiger partial charge in [-0.05, 0) is 12.1 Å². The molecule has 0 spiro atoms. The van der Waals surface area contributed by atoms with Crippen LogP contribution in [0.3, 0.4) is 0 Å². The lowest BCUT2D eigenvalue weighted by Gasteiger charge is -2.08. The number of methoxy groups -OCH3 is 1. The second-order valence-corrected chi connectivity index (χ2v) is 4.70. The van der Waals surface area contributed by atoms with Crippen molar-refractivity contribution in [1.82, 2.24) is 10.6 Å². The van der Waals surface area contributed by atoms with Gasteiger partial charge in [-0.1, -0.05) is 23.7 Å². The molecule has 2 amide bonds. The maximum atomic E-state index is 11.7. The summed E-state index contributed by atoms with van der Waals surface area (Å²) in [6.07, 6.45) is 0.309. The molecule has 0 heterocycles. The van der Waals surface area contributed by atoms with E-state index in [9.17, 15) is 9.59 Å². The molecule has 116 valence electrons. The van der Waals surface area contributed by atoms with Gasteiger partial charge in [-0.25, -0.2) is 0 Å². The molecule has 0 aliphatic rings. The number of nitrogens with one attached hydrogen (secondary N) is 3. The molecule has 0 fully saturated rings. The maximum absolute atomic E-state index is 11.7. The van der Waals surface area contributed by atoms with Crippen molar-refractivity contribution >= 4 is 29.1 Å². The van der Waals surface area contributed by atoms with Crippen LogP contribution in [0, 0.1) is 0 Å². The number of rotatable bonds is 9. The number of benzene rings is 1. The fourth-order valence-corrected chi connectivity index (χ4v) is 1.72. The zero-order chi connectivity index (χ0) is 15.5. The molecule has 1 aromatic rings. The van der Waals surface area contributed by atoms with Gasteiger partial charge in [0.05, 0.1) is 23.9 Å². The van der Waals surface area contributed by atoms with Crippen molar-refractivity contribution in [3.8, 4) is 0 Å². The Bertz CT molecular complexity index is 469. The highest BCUT2D eigenvalue weighted by Gasteiger charge is 2.05. The molecular weight excluding hydrogens is 294 g/mol. The van der Waals surface area contributed by atoms with Crippen molar-refractivity contribution in [1.29, 1.82) is 0 Å². The molecule has 0 saturated heterocycles. The number of halogens is 1. The Labute approximate surface area is 129 Å². The third-order valence-corrected chi connectivity index (χ3v) is 2.92. The lowest BCUT2D eigenvalue weighted by molar-refractivity contribution is -0.121. The average molecular weight is 314 g/mol. The van der Waals surface area contributed by atoms with Gasteiger partial charge >= 0.3 is 0 Å². The van der Waals surface area contributed by atoms with Gasteiger partial charge in [-0.3, -0.25) is 9.59 Å². The van der Waals surface area contributed by atoms with E-state index in [4.69, 9.17) is 16.3 Å². The van der Waals surface area contributed by atoms with Crippen LogP contribution in [0.15, 0.2) is 24.3 Å². The van der Waals surface area contributed by atoms with Gasteiger partial charge < -0.3 is 20.7 Å². The van der Waals surface area contributed by atoms with Crippen LogP contribution in [0.4, 0.5) is 5.69 Å². The summed E-state index contributed by atoms with van der Waals surface area (Å²) in [5.74, 6) is -0.283. The molecule has 21 heavy (non-hydrogen) atoms. The topological polar surface area (TPSA) is 79.5 Å². The predicted molar refractivity (Wildman–Crippen MR) is 82.5 cm³/mol. The molecule has 0 aliphatic heterocycles. The monoisotopic (exact) mass is 313 g/mol. The molecule has 0 bridgehead atoms. The Morgan fingerprint density at radius 2 is 1.95 bits per heavy atom. The van der Waals surface area contributed by atoms with Gasteiger partial charge in [0.25, 0.3) is 0 Å². The standard InChI is InChI=1S/C14H20ClN3O3/c1-21-9-8-17-13(19)6-7-16-10-14(20)18-12-5-3-2-4-11(12)15/h2-5,16H,6-10H2,1H3,(H,17,19)(H,18,20). The number of hydrogen-bond donors (Lipinski definition) is 3. The number of para-hydroxylation sites is 1. The van der Waals surface area contributed by atoms with E-state index in [1.54, 1.807) is 31.4 Å². The van der Waals surface area contributed by atoms with Crippen LogP contribution in [0.2, 0.25) is 5.02 Å². The van der Waals surface area contributed by atoms with Crippen LogP contribution in [0.5, 0.6) is 0 Å². The van der Waals surface area contributed by atoms with Crippen molar-refractivity contribution in [3.63, 3.8) is 0 Å². The van der Waals surface area contributed by atoms with Gasteiger partial charge in [0.2, 0.25) is 11.8 Å². The minimum absolute atomic E-state index is 0.0777. The highest BCUT2D eigenvalue weighted by atomic mass is 35.5. The zero-order valence-electron chi connectivity index (χ0n) is 11.9. The quantitative estimate of drug-likeness (QED) is 0.595. The van der Waals surface area contributed by atoms with E-state index in [2.05, 4.69) is 16.0 Å². The van der Waals surface area contributed by atoms with Crippen molar-refractivity contribution in [2.24, 2.45) is 0 Å². The Morgan fingerprint density at radius 3 is 2.67 bits per heavy atom. The molecule has 7 heteroatoms. The molecular formula is C14H20ClN3O3.